The van der Waals surface area contributed by atoms with Gasteiger partial charge < -0.3 is 14.2 Å². The molecule has 2 saturated carbocycles. The van der Waals surface area contributed by atoms with Crippen LogP contribution in [0.4, 0.5) is 0 Å². The van der Waals surface area contributed by atoms with E-state index in [1.54, 1.807) is 20.8 Å². The Morgan fingerprint density at radius 1 is 1.08 bits per heavy atom. The zero-order valence-electron chi connectivity index (χ0n) is 20.8. The molecule has 2 aromatic carbocycles. The molecule has 0 spiro atoms. The molecule has 1 N–H and O–H groups in total. The van der Waals surface area contributed by atoms with E-state index in [1.165, 1.54) is 12.1 Å². The maximum Gasteiger partial charge on any atom is 0.340 e. The van der Waals surface area contributed by atoms with Crippen molar-refractivity contribution in [3.63, 3.8) is 0 Å². The molecule has 1 heterocycles. The summed E-state index contributed by atoms with van der Waals surface area (Å²) in [6.45, 7) is 5.08. The maximum atomic E-state index is 13.6. The van der Waals surface area contributed by atoms with Crippen LogP contribution >= 0.6 is 67.8 Å². The van der Waals surface area contributed by atoms with Gasteiger partial charge in [0.05, 0.1) is 22.3 Å². The minimum absolute atomic E-state index is 0.137. The summed E-state index contributed by atoms with van der Waals surface area (Å²) in [5.41, 5.74) is 1.06. The molecule has 2 aliphatic carbocycles. The smallest absolute Gasteiger partial charge is 0.340 e. The molecule has 6 unspecified atom stereocenters. The lowest BCUT2D eigenvalue weighted by atomic mass is 9.78. The van der Waals surface area contributed by atoms with Crippen molar-refractivity contribution in [3.05, 3.63) is 51.7 Å². The van der Waals surface area contributed by atoms with Gasteiger partial charge in [-0.3, -0.25) is 14.1 Å². The number of hydrogen-bond donors (Lipinski definition) is 1. The predicted octanol–water partition coefficient (Wildman–Crippen LogP) is 5.12. The van der Waals surface area contributed by atoms with Crippen molar-refractivity contribution in [2.45, 2.75) is 50.2 Å². The van der Waals surface area contributed by atoms with Gasteiger partial charge in [-0.1, -0.05) is 13.8 Å². The number of ether oxygens (including phenoxy) is 3. The van der Waals surface area contributed by atoms with Crippen LogP contribution in [0.1, 0.15) is 47.7 Å². The van der Waals surface area contributed by atoms with Crippen molar-refractivity contribution in [2.24, 2.45) is 23.7 Å². The van der Waals surface area contributed by atoms with E-state index in [0.29, 0.717) is 23.1 Å². The lowest BCUT2D eigenvalue weighted by molar-refractivity contribution is -0.149. The Morgan fingerprint density at radius 3 is 2.31 bits per heavy atom. The Labute approximate surface area is 266 Å². The topological polar surface area (TPSA) is 133 Å². The van der Waals surface area contributed by atoms with Crippen LogP contribution in [-0.4, -0.2) is 43.1 Å². The Kier molecular flexibility index (Phi) is 8.04. The summed E-state index contributed by atoms with van der Waals surface area (Å²) in [7, 11) is -4.49. The first-order valence-electron chi connectivity index (χ1n) is 12.1. The largest absolute Gasteiger partial charge is 0.458 e. The number of carbonyl (C=O) groups excluding carboxylic acids is 3. The molecule has 0 radical (unpaired) electrons. The molecule has 3 aliphatic rings. The first-order chi connectivity index (χ1) is 18.2. The summed E-state index contributed by atoms with van der Waals surface area (Å²) in [5, 5.41) is 0. The summed E-state index contributed by atoms with van der Waals surface area (Å²) in [4.78, 5) is 39.4. The molecular weight excluding hydrogens is 869 g/mol. The highest BCUT2D eigenvalue weighted by Crippen LogP contribution is 2.59. The third kappa shape index (κ3) is 5.22. The first-order valence-corrected chi connectivity index (χ1v) is 16.8. The molecule has 3 fully saturated rings. The van der Waals surface area contributed by atoms with Crippen molar-refractivity contribution in [2.75, 3.05) is 0 Å². The number of carbonyl (C=O) groups is 3. The Morgan fingerprint density at radius 2 is 1.72 bits per heavy atom. The quantitative estimate of drug-likeness (QED) is 0.182. The number of aryl methyl sites for hydroxylation is 1. The van der Waals surface area contributed by atoms with E-state index in [0.717, 1.165) is 10.7 Å². The highest BCUT2D eigenvalue weighted by atomic mass is 127. The third-order valence-electron chi connectivity index (χ3n) is 7.69. The zero-order valence-corrected chi connectivity index (χ0v) is 28.1. The fourth-order valence-electron chi connectivity index (χ4n) is 6.03. The normalized spacial score (nSPS) is 27.1. The van der Waals surface area contributed by atoms with Crippen molar-refractivity contribution < 1.29 is 41.6 Å². The van der Waals surface area contributed by atoms with Gasteiger partial charge in [0.25, 0.3) is 10.1 Å². The van der Waals surface area contributed by atoms with Crippen LogP contribution in [0.3, 0.4) is 0 Å². The molecule has 208 valence electrons. The van der Waals surface area contributed by atoms with Crippen LogP contribution in [0.25, 0.3) is 0 Å². The van der Waals surface area contributed by atoms with Crippen LogP contribution in [-0.2, 0) is 29.2 Å². The third-order valence-corrected chi connectivity index (χ3v) is 10.9. The van der Waals surface area contributed by atoms with E-state index in [1.807, 2.05) is 12.1 Å². The fraction of sp³-hybridized carbons (Fsp3) is 0.423. The molecule has 0 aromatic heterocycles. The van der Waals surface area contributed by atoms with Crippen molar-refractivity contribution in [1.82, 2.24) is 0 Å². The number of halogens is 3. The van der Waals surface area contributed by atoms with E-state index in [-0.39, 0.29) is 22.5 Å². The Balaban J connectivity index is 1.43. The first kappa shape index (κ1) is 29.4. The van der Waals surface area contributed by atoms with Crippen molar-refractivity contribution in [3.8, 4) is 5.75 Å². The second-order valence-corrected chi connectivity index (χ2v) is 15.3. The van der Waals surface area contributed by atoms with Crippen LogP contribution in [0.5, 0.6) is 5.75 Å². The highest BCUT2D eigenvalue weighted by molar-refractivity contribution is 14.1. The van der Waals surface area contributed by atoms with E-state index < -0.39 is 58.0 Å². The summed E-state index contributed by atoms with van der Waals surface area (Å²) in [6.07, 6.45) is -0.914. The number of hydrogen-bond acceptors (Lipinski definition) is 8. The van der Waals surface area contributed by atoms with Gasteiger partial charge in [0.1, 0.15) is 18.0 Å². The van der Waals surface area contributed by atoms with Gasteiger partial charge in [-0.05, 0) is 122 Å². The van der Waals surface area contributed by atoms with Crippen LogP contribution in [0.2, 0.25) is 0 Å². The van der Waals surface area contributed by atoms with Gasteiger partial charge in [0.2, 0.25) is 0 Å². The average molecular weight is 892 g/mol. The predicted molar refractivity (Wildman–Crippen MR) is 163 cm³/mol. The van der Waals surface area contributed by atoms with Crippen molar-refractivity contribution >= 4 is 95.8 Å². The summed E-state index contributed by atoms with van der Waals surface area (Å²) >= 11 is 6.34. The summed E-state index contributed by atoms with van der Waals surface area (Å²) < 4.78 is 53.2. The highest BCUT2D eigenvalue weighted by Gasteiger charge is 2.70. The maximum absolute atomic E-state index is 13.6. The Hall–Kier alpha value is -1.05. The fourth-order valence-corrected chi connectivity index (χ4v) is 11.0. The molecule has 39 heavy (non-hydrogen) atoms. The lowest BCUT2D eigenvalue weighted by Crippen LogP contribution is -2.44. The molecular formula is C26H23I3O9S. The molecule has 13 heteroatoms. The van der Waals surface area contributed by atoms with Crippen LogP contribution in [0.15, 0.2) is 29.2 Å². The van der Waals surface area contributed by atoms with Crippen LogP contribution < -0.4 is 4.74 Å². The number of esters is 3. The van der Waals surface area contributed by atoms with E-state index in [9.17, 15) is 27.4 Å². The number of rotatable bonds is 6. The van der Waals surface area contributed by atoms with E-state index in [4.69, 9.17) is 14.2 Å². The van der Waals surface area contributed by atoms with E-state index >= 15 is 0 Å². The molecule has 1 aliphatic heterocycles. The van der Waals surface area contributed by atoms with Crippen LogP contribution in [0, 0.1) is 41.3 Å². The zero-order chi connectivity index (χ0) is 28.5. The van der Waals surface area contributed by atoms with E-state index in [2.05, 4.69) is 67.8 Å². The molecule has 1 saturated heterocycles. The minimum Gasteiger partial charge on any atom is -0.458 e. The Bertz CT molecular complexity index is 1500. The monoisotopic (exact) mass is 892 g/mol. The standard InChI is InChI=1S/C26H23I3O9S/c1-9(2)12-8-17(10(3)4-18(12)39(33,34)35)36-24(30)19-13-7-14-20(19)25(31)37-22(14)23(13)38-26(32)21-15(28)5-11(27)6-16(21)29/h4-6,8-9,13-14,19-20,22-23H,7H2,1-3H3,(H,33,34,35). The molecule has 6 atom stereocenters. The van der Waals surface area contributed by atoms with Crippen molar-refractivity contribution in [1.29, 1.82) is 0 Å². The molecule has 0 amide bonds. The minimum atomic E-state index is -4.49. The second-order valence-electron chi connectivity index (χ2n) is 10.3. The van der Waals surface area contributed by atoms with Gasteiger partial charge in [-0.25, -0.2) is 4.79 Å². The SMILES string of the molecule is Cc1cc(S(=O)(=O)O)c(C(C)C)cc1OC(=O)C1C2CC3C(OC(=O)C31)C2OC(=O)c1c(I)cc(I)cc1I. The van der Waals surface area contributed by atoms with Gasteiger partial charge >= 0.3 is 17.9 Å². The van der Waals surface area contributed by atoms with Gasteiger partial charge in [-0.15, -0.1) is 0 Å². The van der Waals surface area contributed by atoms with Gasteiger partial charge in [-0.2, -0.15) is 8.42 Å². The molecule has 2 bridgehead atoms. The average Bonchev–Trinajstić information content (AvgIpc) is 3.42. The van der Waals surface area contributed by atoms with Gasteiger partial charge in [0, 0.05) is 22.5 Å². The molecule has 5 rings (SSSR count). The lowest BCUT2D eigenvalue weighted by Gasteiger charge is -2.30. The summed E-state index contributed by atoms with van der Waals surface area (Å²) in [6, 6.07) is 6.44. The second kappa shape index (κ2) is 10.7. The number of fused-ring (bicyclic) bond motifs is 1. The summed E-state index contributed by atoms with van der Waals surface area (Å²) in [5.74, 6) is -4.16. The molecule has 2 aromatic rings. The molecule has 9 nitrogen and oxygen atoms in total. The number of benzene rings is 2. The van der Waals surface area contributed by atoms with Gasteiger partial charge in [0.15, 0.2) is 0 Å².